The van der Waals surface area contributed by atoms with Crippen LogP contribution in [0, 0.1) is 5.92 Å². The van der Waals surface area contributed by atoms with Crippen LogP contribution in [0.3, 0.4) is 0 Å². The molecule has 0 aromatic rings. The van der Waals surface area contributed by atoms with E-state index >= 15 is 0 Å². The fourth-order valence-corrected chi connectivity index (χ4v) is 1.83. The highest BCUT2D eigenvalue weighted by molar-refractivity contribution is 5.87. The minimum atomic E-state index is 0.362. The Labute approximate surface area is 79.7 Å². The van der Waals surface area contributed by atoms with Crippen molar-refractivity contribution in [1.29, 1.82) is 0 Å². The van der Waals surface area contributed by atoms with E-state index in [4.69, 9.17) is 5.21 Å². The molecule has 3 heteroatoms. The van der Waals surface area contributed by atoms with Crippen molar-refractivity contribution < 1.29 is 5.21 Å². The maximum Gasteiger partial charge on any atom is 0.0627 e. The molecule has 0 aromatic heterocycles. The zero-order chi connectivity index (χ0) is 9.84. The maximum atomic E-state index is 8.74. The van der Waals surface area contributed by atoms with E-state index in [1.807, 2.05) is 6.08 Å². The second-order valence-electron chi connectivity index (χ2n) is 3.79. The van der Waals surface area contributed by atoms with E-state index in [-0.39, 0.29) is 0 Å². The van der Waals surface area contributed by atoms with Crippen molar-refractivity contribution in [3.8, 4) is 0 Å². The third-order valence-corrected chi connectivity index (χ3v) is 2.70. The Balaban J connectivity index is 2.61. The van der Waals surface area contributed by atoms with Crippen LogP contribution in [-0.2, 0) is 0 Å². The molecule has 2 atom stereocenters. The molecule has 0 saturated carbocycles. The van der Waals surface area contributed by atoms with Crippen molar-refractivity contribution in [2.24, 2.45) is 11.1 Å². The van der Waals surface area contributed by atoms with Crippen LogP contribution < -0.4 is 0 Å². The van der Waals surface area contributed by atoms with Crippen LogP contribution in [-0.4, -0.2) is 35.0 Å². The predicted molar refractivity (Wildman–Crippen MR) is 54.2 cm³/mol. The van der Waals surface area contributed by atoms with Gasteiger partial charge >= 0.3 is 0 Å². The van der Waals surface area contributed by atoms with Gasteiger partial charge in [-0.05, 0) is 6.92 Å². The van der Waals surface area contributed by atoms with Gasteiger partial charge in [0.05, 0.1) is 5.71 Å². The highest BCUT2D eigenvalue weighted by Crippen LogP contribution is 2.19. The second kappa shape index (κ2) is 4.42. The minimum Gasteiger partial charge on any atom is -0.411 e. The number of hydrogen-bond acceptors (Lipinski definition) is 3. The van der Waals surface area contributed by atoms with Gasteiger partial charge < -0.3 is 5.21 Å². The van der Waals surface area contributed by atoms with E-state index in [0.717, 1.165) is 25.2 Å². The largest absolute Gasteiger partial charge is 0.411 e. The molecule has 2 unspecified atom stereocenters. The Bertz CT molecular complexity index is 213. The summed E-state index contributed by atoms with van der Waals surface area (Å²) in [5.41, 5.74) is 0.924. The third-order valence-electron chi connectivity index (χ3n) is 2.70. The Kier molecular flexibility index (Phi) is 3.48. The first-order valence-electron chi connectivity index (χ1n) is 4.74. The Morgan fingerprint density at radius 1 is 1.69 bits per heavy atom. The van der Waals surface area contributed by atoms with Gasteiger partial charge in [-0.15, -0.1) is 6.58 Å². The van der Waals surface area contributed by atoms with E-state index in [0.29, 0.717) is 12.0 Å². The average molecular weight is 182 g/mol. The van der Waals surface area contributed by atoms with E-state index < -0.39 is 0 Å². The Morgan fingerprint density at radius 2 is 2.38 bits per heavy atom. The lowest BCUT2D eigenvalue weighted by Crippen LogP contribution is -2.45. The van der Waals surface area contributed by atoms with Crippen molar-refractivity contribution in [2.45, 2.75) is 26.3 Å². The van der Waals surface area contributed by atoms with Gasteiger partial charge in [0.2, 0.25) is 0 Å². The average Bonchev–Trinajstić information content (AvgIpc) is 2.11. The van der Waals surface area contributed by atoms with Gasteiger partial charge in [0, 0.05) is 31.5 Å². The third kappa shape index (κ3) is 2.31. The topological polar surface area (TPSA) is 35.8 Å². The molecule has 0 aromatic carbocycles. The molecule has 0 amide bonds. The number of rotatable bonds is 2. The number of nitrogens with zero attached hydrogens (tertiary/aromatic N) is 2. The number of oxime groups is 1. The van der Waals surface area contributed by atoms with Crippen LogP contribution in [0.4, 0.5) is 0 Å². The summed E-state index contributed by atoms with van der Waals surface area (Å²) in [4.78, 5) is 2.35. The minimum absolute atomic E-state index is 0.362. The molecular weight excluding hydrogens is 164 g/mol. The Morgan fingerprint density at radius 3 is 2.92 bits per heavy atom. The first kappa shape index (κ1) is 10.3. The molecule has 1 saturated heterocycles. The maximum absolute atomic E-state index is 8.74. The molecule has 1 heterocycles. The summed E-state index contributed by atoms with van der Waals surface area (Å²) in [6.45, 7) is 9.87. The van der Waals surface area contributed by atoms with Gasteiger partial charge in [-0.25, -0.2) is 0 Å². The van der Waals surface area contributed by atoms with E-state index in [1.54, 1.807) is 0 Å². The second-order valence-corrected chi connectivity index (χ2v) is 3.79. The van der Waals surface area contributed by atoms with Crippen molar-refractivity contribution >= 4 is 5.71 Å². The van der Waals surface area contributed by atoms with Gasteiger partial charge in [0.1, 0.15) is 0 Å². The van der Waals surface area contributed by atoms with Crippen molar-refractivity contribution in [3.05, 3.63) is 12.7 Å². The fraction of sp³-hybridized carbons (Fsp3) is 0.700. The monoisotopic (exact) mass is 182 g/mol. The van der Waals surface area contributed by atoms with Crippen molar-refractivity contribution in [1.82, 2.24) is 4.90 Å². The molecule has 3 nitrogen and oxygen atoms in total. The molecule has 0 aliphatic carbocycles. The van der Waals surface area contributed by atoms with Crippen LogP contribution in [0.25, 0.3) is 0 Å². The van der Waals surface area contributed by atoms with Gasteiger partial charge in [-0.2, -0.15) is 0 Å². The molecule has 13 heavy (non-hydrogen) atoms. The summed E-state index contributed by atoms with van der Waals surface area (Å²) in [7, 11) is 0. The normalized spacial score (nSPS) is 33.5. The Hall–Kier alpha value is -0.830. The van der Waals surface area contributed by atoms with Crippen LogP contribution in [0.5, 0.6) is 0 Å². The molecule has 1 aliphatic heterocycles. The van der Waals surface area contributed by atoms with Crippen LogP contribution in [0.2, 0.25) is 0 Å². The van der Waals surface area contributed by atoms with Crippen LogP contribution in [0.15, 0.2) is 17.8 Å². The molecule has 0 spiro atoms. The smallest absolute Gasteiger partial charge is 0.0627 e. The molecule has 0 bridgehead atoms. The van der Waals surface area contributed by atoms with Gasteiger partial charge in [-0.3, -0.25) is 4.90 Å². The summed E-state index contributed by atoms with van der Waals surface area (Å²) in [6.07, 6.45) is 2.79. The first-order chi connectivity index (χ1) is 6.19. The zero-order valence-electron chi connectivity index (χ0n) is 8.40. The van der Waals surface area contributed by atoms with Gasteiger partial charge in [-0.1, -0.05) is 18.2 Å². The summed E-state index contributed by atoms with van der Waals surface area (Å²) >= 11 is 0. The number of hydrogen-bond donors (Lipinski definition) is 1. The molecule has 1 N–H and O–H groups in total. The standard InChI is InChI=1S/C10H18N2O/c1-4-5-12-7-8(2)10(11-13)6-9(12)3/h4,8-9,13H,1,5-7H2,2-3H3/b11-10+. The lowest BCUT2D eigenvalue weighted by Gasteiger charge is -2.36. The summed E-state index contributed by atoms with van der Waals surface area (Å²) < 4.78 is 0. The van der Waals surface area contributed by atoms with E-state index in [9.17, 15) is 0 Å². The van der Waals surface area contributed by atoms with Gasteiger partial charge in [0.25, 0.3) is 0 Å². The summed E-state index contributed by atoms with van der Waals surface area (Å²) in [5, 5.41) is 12.1. The quantitative estimate of drug-likeness (QED) is 0.401. The molecule has 74 valence electrons. The lowest BCUT2D eigenvalue weighted by molar-refractivity contribution is 0.195. The predicted octanol–water partition coefficient (Wildman–Crippen LogP) is 1.73. The SMILES string of the molecule is C=CCN1CC(C)/C(=N/O)CC1C. The van der Waals surface area contributed by atoms with E-state index in [1.165, 1.54) is 0 Å². The van der Waals surface area contributed by atoms with Crippen LogP contribution >= 0.6 is 0 Å². The van der Waals surface area contributed by atoms with E-state index in [2.05, 4.69) is 30.5 Å². The van der Waals surface area contributed by atoms with Crippen molar-refractivity contribution in [3.63, 3.8) is 0 Å². The molecule has 0 radical (unpaired) electrons. The van der Waals surface area contributed by atoms with Gasteiger partial charge in [0.15, 0.2) is 0 Å². The number of likely N-dealkylation sites (tertiary alicyclic amines) is 1. The van der Waals surface area contributed by atoms with Crippen molar-refractivity contribution in [2.75, 3.05) is 13.1 Å². The number of piperidine rings is 1. The molecule has 1 rings (SSSR count). The molecular formula is C10H18N2O. The fourth-order valence-electron chi connectivity index (χ4n) is 1.83. The summed E-state index contributed by atoms with van der Waals surface area (Å²) in [6, 6.07) is 0.458. The molecule has 1 fully saturated rings. The molecule has 1 aliphatic rings. The first-order valence-corrected chi connectivity index (χ1v) is 4.74. The summed E-state index contributed by atoms with van der Waals surface area (Å²) in [5.74, 6) is 0.362. The highest BCUT2D eigenvalue weighted by Gasteiger charge is 2.26. The highest BCUT2D eigenvalue weighted by atomic mass is 16.4. The van der Waals surface area contributed by atoms with Crippen LogP contribution in [0.1, 0.15) is 20.3 Å². The lowest BCUT2D eigenvalue weighted by atomic mass is 9.93. The zero-order valence-corrected chi connectivity index (χ0v) is 8.40.